The average molecular weight is 959 g/mol. The molecule has 0 N–H and O–H groups in total. The van der Waals surface area contributed by atoms with Crippen molar-refractivity contribution in [2.24, 2.45) is 11.8 Å². The van der Waals surface area contributed by atoms with Crippen molar-refractivity contribution in [1.82, 2.24) is 9.13 Å². The van der Waals surface area contributed by atoms with Crippen molar-refractivity contribution in [3.05, 3.63) is 144 Å². The summed E-state index contributed by atoms with van der Waals surface area (Å²) in [5.41, 5.74) is 16.8. The Kier molecular flexibility index (Phi) is 9.12. The van der Waals surface area contributed by atoms with Crippen molar-refractivity contribution >= 4 is 130 Å². The number of hydrogen-bond acceptors (Lipinski definition) is 0. The van der Waals surface area contributed by atoms with Gasteiger partial charge >= 0.3 is 0 Å². The summed E-state index contributed by atoms with van der Waals surface area (Å²) in [6.45, 7) is 30.4. The summed E-state index contributed by atoms with van der Waals surface area (Å²) in [7, 11) is 0. The van der Waals surface area contributed by atoms with E-state index in [-0.39, 0.29) is 0 Å². The highest BCUT2D eigenvalue weighted by Gasteiger charge is 2.32. The maximum absolute atomic E-state index is 2.75. The van der Waals surface area contributed by atoms with Gasteiger partial charge in [-0.2, -0.15) is 0 Å². The number of rotatable bonds is 10. The minimum atomic E-state index is 0.395. The third kappa shape index (κ3) is 5.52. The molecule has 0 bridgehead atoms. The van der Waals surface area contributed by atoms with E-state index in [1.54, 1.807) is 0 Å². The lowest BCUT2D eigenvalue weighted by Crippen LogP contribution is -2.05. The first kappa shape index (κ1) is 44.3. The highest BCUT2D eigenvalue weighted by Crippen LogP contribution is 2.57. The normalized spacial score (nSPS) is 13.4. The zero-order valence-electron chi connectivity index (χ0n) is 45.3. The van der Waals surface area contributed by atoms with Crippen LogP contribution in [0.3, 0.4) is 0 Å². The van der Waals surface area contributed by atoms with Crippen LogP contribution in [0.2, 0.25) is 0 Å². The molecule has 0 aliphatic heterocycles. The number of fused-ring (bicyclic) bond motifs is 4. The maximum Gasteiger partial charge on any atom is 0.0504 e. The lowest BCUT2D eigenvalue weighted by Gasteiger charge is -2.23. The largest absolute Gasteiger partial charge is 0.340 e. The van der Waals surface area contributed by atoms with E-state index in [4.69, 9.17) is 0 Å². The van der Waals surface area contributed by atoms with Crippen molar-refractivity contribution in [2.45, 2.75) is 120 Å². The van der Waals surface area contributed by atoms with E-state index in [1.165, 1.54) is 174 Å². The first-order valence-corrected chi connectivity index (χ1v) is 28.0. The van der Waals surface area contributed by atoms with Gasteiger partial charge in [0.25, 0.3) is 0 Å². The highest BCUT2D eigenvalue weighted by atomic mass is 15.0. The molecule has 0 aliphatic carbocycles. The molecule has 0 atom stereocenters. The van der Waals surface area contributed by atoms with Gasteiger partial charge in [0.1, 0.15) is 0 Å². The van der Waals surface area contributed by atoms with E-state index in [9.17, 15) is 0 Å². The van der Waals surface area contributed by atoms with Crippen LogP contribution in [-0.2, 0) is 13.1 Å². The van der Waals surface area contributed by atoms with Crippen LogP contribution in [-0.4, -0.2) is 9.13 Å². The molecule has 13 aromatic carbocycles. The second-order valence-corrected chi connectivity index (χ2v) is 24.8. The Labute approximate surface area is 434 Å². The Bertz CT molecular complexity index is 4410. The predicted octanol–water partition coefficient (Wildman–Crippen LogP) is 21.5. The molecule has 0 fully saturated rings. The fourth-order valence-corrected chi connectivity index (χ4v) is 15.2. The van der Waals surface area contributed by atoms with Gasteiger partial charge in [-0.3, -0.25) is 0 Å². The van der Waals surface area contributed by atoms with Gasteiger partial charge in [0.2, 0.25) is 0 Å². The highest BCUT2D eigenvalue weighted by molar-refractivity contribution is 6.51. The van der Waals surface area contributed by atoms with Crippen molar-refractivity contribution in [3.63, 3.8) is 0 Å². The van der Waals surface area contributed by atoms with Gasteiger partial charge in [0.15, 0.2) is 0 Å². The van der Waals surface area contributed by atoms with E-state index >= 15 is 0 Å². The summed E-state index contributed by atoms with van der Waals surface area (Å²) < 4.78 is 5.49. The molecule has 0 amide bonds. The molecule has 0 radical (unpaired) electrons. The third-order valence-corrected chi connectivity index (χ3v) is 18.0. The second kappa shape index (κ2) is 15.2. The number of aromatic nitrogens is 2. The molecule has 74 heavy (non-hydrogen) atoms. The van der Waals surface area contributed by atoms with Crippen molar-refractivity contribution < 1.29 is 0 Å². The molecule has 15 rings (SSSR count). The lowest BCUT2D eigenvalue weighted by atomic mass is 9.79. The molecule has 364 valence electrons. The summed E-state index contributed by atoms with van der Waals surface area (Å²) in [6.07, 6.45) is 0. The van der Waals surface area contributed by atoms with E-state index < -0.39 is 0 Å². The molecular formula is C72H66N2. The van der Waals surface area contributed by atoms with Crippen LogP contribution in [0.15, 0.2) is 121 Å². The Balaban J connectivity index is 1.15. The van der Waals surface area contributed by atoms with Gasteiger partial charge in [0, 0.05) is 56.2 Å². The molecule has 2 heterocycles. The minimum absolute atomic E-state index is 0.395. The van der Waals surface area contributed by atoms with E-state index in [2.05, 4.69) is 214 Å². The van der Waals surface area contributed by atoms with Crippen LogP contribution in [0.1, 0.15) is 129 Å². The summed E-state index contributed by atoms with van der Waals surface area (Å²) in [5.74, 6) is 2.49. The Hall–Kier alpha value is -7.16. The quantitative estimate of drug-likeness (QED) is 0.0955. The molecule has 0 spiro atoms. The van der Waals surface area contributed by atoms with Crippen LogP contribution in [0.25, 0.3) is 152 Å². The molecule has 15 aromatic rings. The van der Waals surface area contributed by atoms with E-state index in [0.29, 0.717) is 35.5 Å². The van der Waals surface area contributed by atoms with Gasteiger partial charge in [-0.25, -0.2) is 0 Å². The molecule has 0 saturated heterocycles. The first-order chi connectivity index (χ1) is 35.7. The molecule has 2 nitrogen and oxygen atoms in total. The standard InChI is InChI=1S/C72H66N2/c1-35(2)33-73-57-29-53(61-41(37(5)6)17-13-18-42(61)38(7)8)47-23-15-21-45-51-27-25-49-50-26-28-52-46-22-16-24-48-54(62-43(39(9)10)19-14-20-44(62)40(11)12)30-58-70(64(46)48)72-60(74(58)34-36(3)4)32-56(66(50)68(52)72)55-31-59(73)71(67(51)65(49)55)69(57)63(45)47/h13-32,35-40H,33-34H2,1-12H3. The van der Waals surface area contributed by atoms with Crippen LogP contribution in [0.4, 0.5) is 0 Å². The van der Waals surface area contributed by atoms with Gasteiger partial charge < -0.3 is 9.13 Å². The zero-order chi connectivity index (χ0) is 50.7. The first-order valence-electron chi connectivity index (χ1n) is 28.0. The SMILES string of the molecule is CC(C)Cn1c2cc(-c3c(C(C)C)cccc3C(C)C)c3cccc4c5ccc6c7ccc8c9cccc%10c(-c%11c(C(C)C)cccc%11C(C)C)cc%11c(c%109)c9c8c7c(cc9n%11CC(C)C)c7cc1c(c5c67)c2c34. The monoisotopic (exact) mass is 959 g/mol. The lowest BCUT2D eigenvalue weighted by molar-refractivity contribution is 0.545. The third-order valence-electron chi connectivity index (χ3n) is 18.0. The number of hydrogen-bond donors (Lipinski definition) is 0. The molecule has 2 heteroatoms. The molecule has 2 aromatic heterocycles. The Morgan fingerprint density at radius 2 is 0.541 bits per heavy atom. The van der Waals surface area contributed by atoms with Crippen LogP contribution in [0, 0.1) is 11.8 Å². The fraction of sp³-hybridized carbons (Fsp3) is 0.278. The van der Waals surface area contributed by atoms with Crippen molar-refractivity contribution in [2.75, 3.05) is 0 Å². The minimum Gasteiger partial charge on any atom is -0.340 e. The Morgan fingerprint density at radius 1 is 0.270 bits per heavy atom. The number of benzene rings is 13. The van der Waals surface area contributed by atoms with E-state index in [1.807, 2.05) is 0 Å². The second-order valence-electron chi connectivity index (χ2n) is 24.8. The van der Waals surface area contributed by atoms with Gasteiger partial charge in [-0.05, 0) is 169 Å². The molecular weight excluding hydrogens is 893 g/mol. The van der Waals surface area contributed by atoms with Crippen LogP contribution >= 0.6 is 0 Å². The summed E-state index contributed by atoms with van der Waals surface area (Å²) in [5, 5.41) is 28.0. The summed E-state index contributed by atoms with van der Waals surface area (Å²) >= 11 is 0. The van der Waals surface area contributed by atoms with Gasteiger partial charge in [0.05, 0.1) is 22.1 Å². The zero-order valence-corrected chi connectivity index (χ0v) is 45.3. The summed E-state index contributed by atoms with van der Waals surface area (Å²) in [6, 6.07) is 49.1. The fourth-order valence-electron chi connectivity index (χ4n) is 15.2. The van der Waals surface area contributed by atoms with Crippen molar-refractivity contribution in [3.8, 4) is 22.3 Å². The number of nitrogens with zero attached hydrogens (tertiary/aromatic N) is 2. The van der Waals surface area contributed by atoms with Crippen molar-refractivity contribution in [1.29, 1.82) is 0 Å². The van der Waals surface area contributed by atoms with Crippen LogP contribution in [0.5, 0.6) is 0 Å². The smallest absolute Gasteiger partial charge is 0.0504 e. The predicted molar refractivity (Wildman–Crippen MR) is 325 cm³/mol. The molecule has 0 saturated carbocycles. The van der Waals surface area contributed by atoms with Crippen LogP contribution < -0.4 is 0 Å². The van der Waals surface area contributed by atoms with Gasteiger partial charge in [-0.15, -0.1) is 0 Å². The average Bonchev–Trinajstić information content (AvgIpc) is 3.88. The topological polar surface area (TPSA) is 9.86 Å². The maximum atomic E-state index is 2.75. The Morgan fingerprint density at radius 3 is 0.878 bits per heavy atom. The summed E-state index contributed by atoms with van der Waals surface area (Å²) in [4.78, 5) is 0. The molecule has 0 unspecified atom stereocenters. The molecule has 0 aliphatic rings. The van der Waals surface area contributed by atoms with E-state index in [0.717, 1.165) is 13.1 Å². The van der Waals surface area contributed by atoms with Gasteiger partial charge in [-0.1, -0.05) is 180 Å².